The number of halogens is 1. The Kier molecular flexibility index (Phi) is 5.63. The molecule has 22 heavy (non-hydrogen) atoms. The van der Waals surface area contributed by atoms with Crippen LogP contribution in [0.1, 0.15) is 38.7 Å². The van der Waals surface area contributed by atoms with E-state index >= 15 is 0 Å². The maximum Gasteiger partial charge on any atom is 0.244 e. The average Bonchev–Trinajstić information content (AvgIpc) is 3.22. The Balaban J connectivity index is 1.99. The van der Waals surface area contributed by atoms with Gasteiger partial charge in [-0.25, -0.2) is 0 Å². The van der Waals surface area contributed by atoms with Gasteiger partial charge in [-0.3, -0.25) is 4.79 Å². The number of hydrogen-bond donors (Lipinski definition) is 1. The molecule has 1 fully saturated rings. The standard InChI is InChI=1S/C19H24BrNO/c1-12(2)13(3)17(19(21)22)6-4-5-15-11-18(15)14-7-9-16(20)10-8-14/h4-10,12-13,15,18H,11H2,1-3H3,(H2,21,22)/b5-4+,17-6+. The third kappa shape index (κ3) is 4.33. The predicted molar refractivity (Wildman–Crippen MR) is 95.4 cm³/mol. The minimum atomic E-state index is -0.314. The van der Waals surface area contributed by atoms with Crippen molar-refractivity contribution in [2.24, 2.45) is 23.5 Å². The molecule has 2 nitrogen and oxygen atoms in total. The molecule has 1 aliphatic rings. The summed E-state index contributed by atoms with van der Waals surface area (Å²) >= 11 is 3.46. The van der Waals surface area contributed by atoms with E-state index in [1.165, 1.54) is 12.0 Å². The van der Waals surface area contributed by atoms with E-state index in [2.05, 4.69) is 67.0 Å². The molecule has 3 heteroatoms. The number of hydrogen-bond acceptors (Lipinski definition) is 1. The molecule has 2 N–H and O–H groups in total. The summed E-state index contributed by atoms with van der Waals surface area (Å²) in [6.07, 6.45) is 7.27. The van der Waals surface area contributed by atoms with E-state index in [4.69, 9.17) is 5.73 Å². The van der Waals surface area contributed by atoms with Crippen LogP contribution in [0.4, 0.5) is 0 Å². The lowest BCUT2D eigenvalue weighted by atomic mass is 9.89. The highest BCUT2D eigenvalue weighted by molar-refractivity contribution is 9.10. The van der Waals surface area contributed by atoms with E-state index in [1.54, 1.807) is 0 Å². The predicted octanol–water partition coefficient (Wildman–Crippen LogP) is 4.81. The molecule has 2 rings (SSSR count). The first-order valence-corrected chi connectivity index (χ1v) is 8.63. The van der Waals surface area contributed by atoms with Gasteiger partial charge in [-0.15, -0.1) is 0 Å². The molecule has 118 valence electrons. The van der Waals surface area contributed by atoms with Crippen LogP contribution in [0.2, 0.25) is 0 Å². The van der Waals surface area contributed by atoms with Crippen molar-refractivity contribution < 1.29 is 4.79 Å². The van der Waals surface area contributed by atoms with E-state index in [9.17, 15) is 4.79 Å². The SMILES string of the molecule is CC(C)C(C)/C(=C\C=C\C1CC1c1ccc(Br)cc1)C(N)=O. The van der Waals surface area contributed by atoms with Crippen molar-refractivity contribution in [3.05, 3.63) is 58.1 Å². The highest BCUT2D eigenvalue weighted by atomic mass is 79.9. The molecule has 3 atom stereocenters. The van der Waals surface area contributed by atoms with Gasteiger partial charge in [0.1, 0.15) is 0 Å². The number of carbonyl (C=O) groups is 1. The Morgan fingerprint density at radius 2 is 1.91 bits per heavy atom. The zero-order valence-corrected chi connectivity index (χ0v) is 15.0. The van der Waals surface area contributed by atoms with Gasteiger partial charge < -0.3 is 5.73 Å². The van der Waals surface area contributed by atoms with Crippen LogP contribution in [0.25, 0.3) is 0 Å². The molecule has 1 saturated carbocycles. The van der Waals surface area contributed by atoms with Crippen molar-refractivity contribution in [2.75, 3.05) is 0 Å². The van der Waals surface area contributed by atoms with Gasteiger partial charge in [0.25, 0.3) is 0 Å². The molecule has 1 aromatic rings. The fourth-order valence-electron chi connectivity index (χ4n) is 2.64. The smallest absolute Gasteiger partial charge is 0.244 e. The van der Waals surface area contributed by atoms with Gasteiger partial charge in [0, 0.05) is 10.0 Å². The molecule has 0 radical (unpaired) electrons. The molecule has 0 aliphatic heterocycles. The number of amides is 1. The Morgan fingerprint density at radius 1 is 1.27 bits per heavy atom. The van der Waals surface area contributed by atoms with Crippen LogP contribution in [-0.4, -0.2) is 5.91 Å². The van der Waals surface area contributed by atoms with Crippen molar-refractivity contribution >= 4 is 21.8 Å². The molecule has 1 aromatic carbocycles. The number of benzene rings is 1. The minimum Gasteiger partial charge on any atom is -0.366 e. The normalized spacial score (nSPS) is 23.0. The van der Waals surface area contributed by atoms with E-state index in [0.717, 1.165) is 4.47 Å². The monoisotopic (exact) mass is 361 g/mol. The van der Waals surface area contributed by atoms with Gasteiger partial charge in [-0.1, -0.05) is 67.1 Å². The first-order valence-electron chi connectivity index (χ1n) is 7.83. The fraction of sp³-hybridized carbons (Fsp3) is 0.421. The van der Waals surface area contributed by atoms with Crippen molar-refractivity contribution in [2.45, 2.75) is 33.1 Å². The molecule has 0 aromatic heterocycles. The second kappa shape index (κ2) is 7.28. The van der Waals surface area contributed by atoms with Crippen molar-refractivity contribution in [1.29, 1.82) is 0 Å². The van der Waals surface area contributed by atoms with Crippen molar-refractivity contribution in [1.82, 2.24) is 0 Å². The first kappa shape index (κ1) is 17.0. The molecule has 0 spiro atoms. The van der Waals surface area contributed by atoms with Gasteiger partial charge in [-0.05, 0) is 47.8 Å². The van der Waals surface area contributed by atoms with Gasteiger partial charge in [-0.2, -0.15) is 0 Å². The first-order chi connectivity index (χ1) is 10.4. The lowest BCUT2D eigenvalue weighted by Crippen LogP contribution is -2.21. The number of nitrogens with two attached hydrogens (primary N) is 1. The van der Waals surface area contributed by atoms with Gasteiger partial charge in [0.2, 0.25) is 5.91 Å². The second-order valence-corrected chi connectivity index (χ2v) is 7.38. The topological polar surface area (TPSA) is 43.1 Å². The van der Waals surface area contributed by atoms with Crippen LogP contribution >= 0.6 is 15.9 Å². The van der Waals surface area contributed by atoms with Crippen LogP contribution in [-0.2, 0) is 4.79 Å². The molecule has 3 unspecified atom stereocenters. The minimum absolute atomic E-state index is 0.184. The van der Waals surface area contributed by atoms with Crippen molar-refractivity contribution in [3.63, 3.8) is 0 Å². The Morgan fingerprint density at radius 3 is 2.45 bits per heavy atom. The quantitative estimate of drug-likeness (QED) is 0.573. The molecular weight excluding hydrogens is 338 g/mol. The molecule has 1 aliphatic carbocycles. The zero-order valence-electron chi connectivity index (χ0n) is 13.4. The summed E-state index contributed by atoms with van der Waals surface area (Å²) in [5, 5.41) is 0. The molecule has 0 saturated heterocycles. The number of allylic oxidation sites excluding steroid dienone is 3. The van der Waals surface area contributed by atoms with E-state index < -0.39 is 0 Å². The maximum atomic E-state index is 11.6. The van der Waals surface area contributed by atoms with Crippen LogP contribution in [0.5, 0.6) is 0 Å². The highest BCUT2D eigenvalue weighted by Crippen LogP contribution is 2.48. The van der Waals surface area contributed by atoms with Gasteiger partial charge in [0.15, 0.2) is 0 Å². The summed E-state index contributed by atoms with van der Waals surface area (Å²) in [4.78, 5) is 11.6. The highest BCUT2D eigenvalue weighted by Gasteiger charge is 2.35. The van der Waals surface area contributed by atoms with E-state index in [0.29, 0.717) is 23.3 Å². The number of rotatable bonds is 6. The summed E-state index contributed by atoms with van der Waals surface area (Å²) in [6.45, 7) is 6.27. The largest absolute Gasteiger partial charge is 0.366 e. The maximum absolute atomic E-state index is 11.6. The lowest BCUT2D eigenvalue weighted by Gasteiger charge is -2.16. The number of carbonyl (C=O) groups excluding carboxylic acids is 1. The van der Waals surface area contributed by atoms with Crippen LogP contribution in [0.3, 0.4) is 0 Å². The Labute approximate surface area is 141 Å². The van der Waals surface area contributed by atoms with Crippen LogP contribution < -0.4 is 5.73 Å². The third-order valence-electron chi connectivity index (χ3n) is 4.55. The Hall–Kier alpha value is -1.35. The van der Waals surface area contributed by atoms with E-state index in [-0.39, 0.29) is 11.8 Å². The third-order valence-corrected chi connectivity index (χ3v) is 5.08. The fourth-order valence-corrected chi connectivity index (χ4v) is 2.90. The summed E-state index contributed by atoms with van der Waals surface area (Å²) in [6, 6.07) is 8.52. The van der Waals surface area contributed by atoms with Crippen LogP contribution in [0, 0.1) is 17.8 Å². The van der Waals surface area contributed by atoms with Gasteiger partial charge in [0.05, 0.1) is 0 Å². The average molecular weight is 362 g/mol. The summed E-state index contributed by atoms with van der Waals surface area (Å²) < 4.78 is 1.11. The Bertz CT molecular complexity index is 586. The summed E-state index contributed by atoms with van der Waals surface area (Å²) in [5.41, 5.74) is 7.59. The lowest BCUT2D eigenvalue weighted by molar-refractivity contribution is -0.115. The van der Waals surface area contributed by atoms with E-state index in [1.807, 2.05) is 12.2 Å². The van der Waals surface area contributed by atoms with Gasteiger partial charge >= 0.3 is 0 Å². The molecular formula is C19H24BrNO. The van der Waals surface area contributed by atoms with Crippen LogP contribution in [0.15, 0.2) is 52.5 Å². The molecule has 0 heterocycles. The second-order valence-electron chi connectivity index (χ2n) is 6.46. The number of primary amides is 1. The summed E-state index contributed by atoms with van der Waals surface area (Å²) in [7, 11) is 0. The zero-order chi connectivity index (χ0) is 16.3. The molecule has 0 bridgehead atoms. The molecule has 1 amide bonds. The summed E-state index contributed by atoms with van der Waals surface area (Å²) in [5.74, 6) is 1.46. The van der Waals surface area contributed by atoms with Crippen molar-refractivity contribution in [3.8, 4) is 0 Å².